The van der Waals surface area contributed by atoms with Gasteiger partial charge in [-0.3, -0.25) is 9.48 Å². The number of aryl methyl sites for hydroxylation is 3. The van der Waals surface area contributed by atoms with Gasteiger partial charge in [-0.1, -0.05) is 23.8 Å². The van der Waals surface area contributed by atoms with Crippen molar-refractivity contribution in [3.63, 3.8) is 0 Å². The van der Waals surface area contributed by atoms with Crippen LogP contribution >= 0.6 is 0 Å². The van der Waals surface area contributed by atoms with Crippen LogP contribution in [-0.4, -0.2) is 15.7 Å². The van der Waals surface area contributed by atoms with Crippen LogP contribution in [0.25, 0.3) is 11.3 Å². The Morgan fingerprint density at radius 1 is 1.36 bits per heavy atom. The van der Waals surface area contributed by atoms with E-state index in [2.05, 4.69) is 35.5 Å². The van der Waals surface area contributed by atoms with E-state index in [1.807, 2.05) is 13.1 Å². The molecule has 0 aliphatic heterocycles. The second-order valence-corrected chi connectivity index (χ2v) is 6.70. The van der Waals surface area contributed by atoms with Gasteiger partial charge in [-0.2, -0.15) is 5.10 Å². The van der Waals surface area contributed by atoms with Gasteiger partial charge in [0.25, 0.3) is 5.91 Å². The number of nitrogens with one attached hydrogen (secondary N) is 1. The first kappa shape index (κ1) is 15.7. The highest BCUT2D eigenvalue weighted by Crippen LogP contribution is 2.31. The molecule has 2 heterocycles. The first-order valence-electron chi connectivity index (χ1n) is 8.58. The van der Waals surface area contributed by atoms with E-state index in [0.29, 0.717) is 11.3 Å². The van der Waals surface area contributed by atoms with E-state index in [4.69, 9.17) is 4.42 Å². The third-order valence-corrected chi connectivity index (χ3v) is 4.79. The molecule has 0 spiro atoms. The molecule has 1 atom stereocenters. The van der Waals surface area contributed by atoms with Crippen molar-refractivity contribution in [2.45, 2.75) is 32.2 Å². The number of amides is 1. The number of benzene rings is 1. The first-order chi connectivity index (χ1) is 12.1. The monoisotopic (exact) mass is 335 g/mol. The Balaban J connectivity index is 1.63. The zero-order valence-electron chi connectivity index (χ0n) is 14.5. The van der Waals surface area contributed by atoms with E-state index in [0.717, 1.165) is 24.8 Å². The van der Waals surface area contributed by atoms with Gasteiger partial charge in [0.05, 0.1) is 24.1 Å². The molecule has 0 unspecified atom stereocenters. The maximum Gasteiger partial charge on any atom is 0.255 e. The summed E-state index contributed by atoms with van der Waals surface area (Å²) >= 11 is 0. The fourth-order valence-corrected chi connectivity index (χ4v) is 3.57. The lowest BCUT2D eigenvalue weighted by atomic mass is 9.86. The lowest BCUT2D eigenvalue weighted by Crippen LogP contribution is -2.31. The molecule has 1 N–H and O–H groups in total. The molecule has 4 rings (SSSR count). The molecule has 5 heteroatoms. The normalized spacial score (nSPS) is 16.5. The summed E-state index contributed by atoms with van der Waals surface area (Å²) in [5.74, 6) is -0.0938. The van der Waals surface area contributed by atoms with Crippen LogP contribution in [0.2, 0.25) is 0 Å². The Kier molecular flexibility index (Phi) is 3.92. The molecular weight excluding hydrogens is 314 g/mol. The van der Waals surface area contributed by atoms with Gasteiger partial charge in [0, 0.05) is 18.8 Å². The molecule has 2 aromatic heterocycles. The van der Waals surface area contributed by atoms with Crippen LogP contribution in [0.1, 0.15) is 45.9 Å². The molecule has 0 saturated heterocycles. The van der Waals surface area contributed by atoms with Crippen LogP contribution in [0.4, 0.5) is 0 Å². The van der Waals surface area contributed by atoms with Gasteiger partial charge in [-0.05, 0) is 43.4 Å². The summed E-state index contributed by atoms with van der Waals surface area (Å²) < 4.78 is 6.80. The Morgan fingerprint density at radius 2 is 2.24 bits per heavy atom. The zero-order valence-corrected chi connectivity index (χ0v) is 14.5. The highest BCUT2D eigenvalue weighted by Gasteiger charge is 2.25. The summed E-state index contributed by atoms with van der Waals surface area (Å²) in [6.45, 7) is 2.09. The first-order valence-corrected chi connectivity index (χ1v) is 8.58. The van der Waals surface area contributed by atoms with E-state index in [9.17, 15) is 4.79 Å². The second kappa shape index (κ2) is 6.24. The topological polar surface area (TPSA) is 60.1 Å². The number of hydrogen-bond donors (Lipinski definition) is 1. The van der Waals surface area contributed by atoms with Gasteiger partial charge in [0.1, 0.15) is 5.69 Å². The minimum atomic E-state index is -0.0938. The van der Waals surface area contributed by atoms with Crippen molar-refractivity contribution in [1.82, 2.24) is 15.1 Å². The summed E-state index contributed by atoms with van der Waals surface area (Å²) in [5, 5.41) is 7.63. The predicted molar refractivity (Wildman–Crippen MR) is 95.2 cm³/mol. The van der Waals surface area contributed by atoms with Crippen molar-refractivity contribution in [2.24, 2.45) is 7.05 Å². The number of carbonyl (C=O) groups excluding carboxylic acids is 1. The highest BCUT2D eigenvalue weighted by atomic mass is 16.3. The molecule has 1 aromatic carbocycles. The van der Waals surface area contributed by atoms with Gasteiger partial charge in [-0.15, -0.1) is 0 Å². The average Bonchev–Trinajstić information content (AvgIpc) is 3.24. The van der Waals surface area contributed by atoms with Crippen LogP contribution in [0.5, 0.6) is 0 Å². The summed E-state index contributed by atoms with van der Waals surface area (Å²) in [4.78, 5) is 12.9. The van der Waals surface area contributed by atoms with Crippen LogP contribution in [0.3, 0.4) is 0 Å². The van der Waals surface area contributed by atoms with Crippen molar-refractivity contribution in [3.8, 4) is 11.3 Å². The zero-order chi connectivity index (χ0) is 17.4. The Labute approximate surface area is 146 Å². The van der Waals surface area contributed by atoms with Gasteiger partial charge >= 0.3 is 0 Å². The molecule has 1 aliphatic rings. The number of nitrogens with zero attached hydrogens (tertiary/aromatic N) is 2. The highest BCUT2D eigenvalue weighted by molar-refractivity contribution is 6.00. The second-order valence-electron chi connectivity index (χ2n) is 6.70. The van der Waals surface area contributed by atoms with Crippen molar-refractivity contribution < 1.29 is 9.21 Å². The maximum atomic E-state index is 12.9. The number of carbonyl (C=O) groups is 1. The van der Waals surface area contributed by atoms with E-state index in [1.54, 1.807) is 23.4 Å². The summed E-state index contributed by atoms with van der Waals surface area (Å²) in [7, 11) is 1.82. The van der Waals surface area contributed by atoms with Crippen LogP contribution in [-0.2, 0) is 13.5 Å². The van der Waals surface area contributed by atoms with Crippen LogP contribution < -0.4 is 5.32 Å². The largest absolute Gasteiger partial charge is 0.472 e. The van der Waals surface area contributed by atoms with Gasteiger partial charge in [-0.25, -0.2) is 0 Å². The molecule has 0 saturated carbocycles. The Bertz CT molecular complexity index is 909. The summed E-state index contributed by atoms with van der Waals surface area (Å²) in [5.41, 5.74) is 5.83. The van der Waals surface area contributed by atoms with E-state index in [1.165, 1.54) is 16.7 Å². The number of fused-ring (bicyclic) bond motifs is 1. The molecule has 128 valence electrons. The fraction of sp³-hybridized carbons (Fsp3) is 0.300. The molecule has 3 aromatic rings. The fourth-order valence-electron chi connectivity index (χ4n) is 3.57. The molecule has 0 radical (unpaired) electrons. The van der Waals surface area contributed by atoms with Crippen molar-refractivity contribution in [3.05, 3.63) is 65.2 Å². The van der Waals surface area contributed by atoms with Crippen molar-refractivity contribution in [2.75, 3.05) is 0 Å². The average molecular weight is 335 g/mol. The third kappa shape index (κ3) is 2.97. The van der Waals surface area contributed by atoms with Gasteiger partial charge in [0.15, 0.2) is 0 Å². The molecule has 5 nitrogen and oxygen atoms in total. The van der Waals surface area contributed by atoms with Crippen LogP contribution in [0, 0.1) is 6.92 Å². The molecule has 0 fully saturated rings. The molecule has 1 amide bonds. The predicted octanol–water partition coefficient (Wildman–Crippen LogP) is 3.80. The standard InChI is InChI=1S/C20H21N3O2/c1-13-6-7-14-4-3-5-18(16(14)10-13)21-20(24)17-11-23(2)22-19(17)15-8-9-25-12-15/h6-12,18H,3-5H2,1-2H3,(H,21,24)/t18-/m0/s1. The van der Waals surface area contributed by atoms with E-state index >= 15 is 0 Å². The smallest absolute Gasteiger partial charge is 0.255 e. The summed E-state index contributed by atoms with van der Waals surface area (Å²) in [6.07, 6.45) is 8.09. The SMILES string of the molecule is Cc1ccc2c(c1)[C@@H](NC(=O)c1cn(C)nc1-c1ccoc1)CCC2. The Hall–Kier alpha value is -2.82. The third-order valence-electron chi connectivity index (χ3n) is 4.79. The number of furan rings is 1. The summed E-state index contributed by atoms with van der Waals surface area (Å²) in [6, 6.07) is 8.39. The van der Waals surface area contributed by atoms with E-state index in [-0.39, 0.29) is 11.9 Å². The quantitative estimate of drug-likeness (QED) is 0.792. The number of aromatic nitrogens is 2. The molecule has 25 heavy (non-hydrogen) atoms. The minimum absolute atomic E-state index is 0.0496. The van der Waals surface area contributed by atoms with Gasteiger partial charge in [0.2, 0.25) is 0 Å². The lowest BCUT2D eigenvalue weighted by Gasteiger charge is -2.26. The molecule has 1 aliphatic carbocycles. The van der Waals surface area contributed by atoms with E-state index < -0.39 is 0 Å². The maximum absolute atomic E-state index is 12.9. The van der Waals surface area contributed by atoms with Crippen LogP contribution in [0.15, 0.2) is 47.4 Å². The van der Waals surface area contributed by atoms with Crippen molar-refractivity contribution >= 4 is 5.91 Å². The number of rotatable bonds is 3. The molecular formula is C20H21N3O2. The van der Waals surface area contributed by atoms with Crippen molar-refractivity contribution in [1.29, 1.82) is 0 Å². The molecule has 0 bridgehead atoms. The number of hydrogen-bond acceptors (Lipinski definition) is 3. The van der Waals surface area contributed by atoms with Gasteiger partial charge < -0.3 is 9.73 Å². The lowest BCUT2D eigenvalue weighted by molar-refractivity contribution is 0.0933. The minimum Gasteiger partial charge on any atom is -0.472 e. The Morgan fingerprint density at radius 3 is 3.04 bits per heavy atom.